The van der Waals surface area contributed by atoms with E-state index < -0.39 is 79.2 Å². The molecule has 15 nitrogen and oxygen atoms in total. The number of rotatable bonds is 15. The van der Waals surface area contributed by atoms with Gasteiger partial charge in [0.25, 0.3) is 5.91 Å². The zero-order valence-electron chi connectivity index (χ0n) is 36.5. The van der Waals surface area contributed by atoms with Crippen LogP contribution in [0.25, 0.3) is 22.2 Å². The summed E-state index contributed by atoms with van der Waals surface area (Å²) < 4.78 is 51.6. The lowest BCUT2D eigenvalue weighted by Gasteiger charge is -2.36. The van der Waals surface area contributed by atoms with Crippen LogP contribution in [-0.2, 0) is 33.9 Å². The number of likely N-dealkylation sites (tertiary alicyclic amines) is 1. The number of aromatic nitrogens is 1. The second-order valence-corrected chi connectivity index (χ2v) is 20.7. The van der Waals surface area contributed by atoms with Gasteiger partial charge < -0.3 is 34.5 Å². The van der Waals surface area contributed by atoms with Gasteiger partial charge in [-0.2, -0.15) is 0 Å². The van der Waals surface area contributed by atoms with Crippen molar-refractivity contribution >= 4 is 44.7 Å². The van der Waals surface area contributed by atoms with E-state index >= 15 is 0 Å². The molecule has 4 amide bonds. The minimum Gasteiger partial charge on any atom is -0.497 e. The van der Waals surface area contributed by atoms with Crippen molar-refractivity contribution in [1.82, 2.24) is 25.2 Å². The molecular formula is C45H59N5O10S. The van der Waals surface area contributed by atoms with Crippen molar-refractivity contribution in [3.05, 3.63) is 67.3 Å². The first kappa shape index (κ1) is 45.3. The third kappa shape index (κ3) is 9.96. The summed E-state index contributed by atoms with van der Waals surface area (Å²) in [7, 11) is -2.63. The van der Waals surface area contributed by atoms with Crippen molar-refractivity contribution in [2.45, 2.75) is 121 Å². The monoisotopic (exact) mass is 861 g/mol. The fourth-order valence-electron chi connectivity index (χ4n) is 7.56. The highest BCUT2D eigenvalue weighted by Gasteiger charge is 2.64. The first-order valence-corrected chi connectivity index (χ1v) is 22.1. The van der Waals surface area contributed by atoms with Crippen LogP contribution in [-0.4, -0.2) is 103 Å². The fourth-order valence-corrected chi connectivity index (χ4v) is 9.06. The average Bonchev–Trinajstić information content (AvgIpc) is 4.09. The molecule has 5 atom stereocenters. The molecular weight excluding hydrogens is 803 g/mol. The first-order chi connectivity index (χ1) is 28.5. The van der Waals surface area contributed by atoms with Gasteiger partial charge in [0, 0.05) is 35.4 Å². The van der Waals surface area contributed by atoms with Crippen LogP contribution in [0.4, 0.5) is 4.79 Å². The Kier molecular flexibility index (Phi) is 12.6. The Hall–Kier alpha value is -5.22. The van der Waals surface area contributed by atoms with Crippen LogP contribution in [0.3, 0.4) is 0 Å². The molecule has 2 aromatic carbocycles. The van der Waals surface area contributed by atoms with Crippen molar-refractivity contribution in [2.75, 3.05) is 20.3 Å². The summed E-state index contributed by atoms with van der Waals surface area (Å²) in [4.78, 5) is 62.8. The van der Waals surface area contributed by atoms with Crippen LogP contribution < -0.4 is 24.8 Å². The average molecular weight is 862 g/mol. The van der Waals surface area contributed by atoms with E-state index in [0.717, 1.165) is 5.56 Å². The van der Waals surface area contributed by atoms with Gasteiger partial charge in [-0.25, -0.2) is 18.2 Å². The molecule has 2 aliphatic carbocycles. The number of hydrogen-bond donors (Lipinski definition) is 3. The number of amides is 4. The first-order valence-electron chi connectivity index (χ1n) is 20.7. The molecule has 3 N–H and O–H groups in total. The van der Waals surface area contributed by atoms with Crippen LogP contribution in [0, 0.1) is 11.3 Å². The highest BCUT2D eigenvalue weighted by molar-refractivity contribution is 7.91. The second-order valence-electron chi connectivity index (χ2n) is 18.7. The van der Waals surface area contributed by atoms with Crippen LogP contribution >= 0.6 is 0 Å². The largest absolute Gasteiger partial charge is 0.497 e. The third-order valence-corrected chi connectivity index (χ3v) is 13.4. The van der Waals surface area contributed by atoms with Crippen LogP contribution in [0.15, 0.2) is 67.3 Å². The van der Waals surface area contributed by atoms with Crippen LogP contribution in [0.2, 0.25) is 0 Å². The van der Waals surface area contributed by atoms with Gasteiger partial charge in [0.15, 0.2) is 0 Å². The highest BCUT2D eigenvalue weighted by atomic mass is 32.2. The number of nitrogens with one attached hydrogen (secondary N) is 3. The topological polar surface area (TPSA) is 192 Å². The number of carbonyl (C=O) groups excluding carboxylic acids is 4. The quantitative estimate of drug-likeness (QED) is 0.160. The van der Waals surface area contributed by atoms with Gasteiger partial charge in [-0.1, -0.05) is 57.2 Å². The number of hydrogen-bond acceptors (Lipinski definition) is 11. The molecule has 1 aliphatic heterocycles. The molecule has 1 saturated heterocycles. The summed E-state index contributed by atoms with van der Waals surface area (Å²) in [5, 5.41) is 6.24. The number of sulfonamides is 1. The van der Waals surface area contributed by atoms with Crippen molar-refractivity contribution in [3.8, 4) is 22.8 Å². The van der Waals surface area contributed by atoms with E-state index in [4.69, 9.17) is 23.9 Å². The summed E-state index contributed by atoms with van der Waals surface area (Å²) in [6.07, 6.45) is 0.463. The number of pyridine rings is 1. The molecule has 61 heavy (non-hydrogen) atoms. The van der Waals surface area contributed by atoms with E-state index in [1.807, 2.05) is 42.5 Å². The molecule has 1 aromatic heterocycles. The predicted octanol–water partition coefficient (Wildman–Crippen LogP) is 5.66. The molecule has 2 heterocycles. The lowest BCUT2D eigenvalue weighted by Crippen LogP contribution is -2.60. The molecule has 3 fully saturated rings. The molecule has 3 aliphatic rings. The predicted molar refractivity (Wildman–Crippen MR) is 230 cm³/mol. The van der Waals surface area contributed by atoms with E-state index in [2.05, 4.69) is 21.9 Å². The van der Waals surface area contributed by atoms with Crippen molar-refractivity contribution in [2.24, 2.45) is 11.3 Å². The molecule has 0 bridgehead atoms. The minimum absolute atomic E-state index is 0.00802. The Morgan fingerprint density at radius 1 is 1.02 bits per heavy atom. The van der Waals surface area contributed by atoms with E-state index in [0.29, 0.717) is 40.9 Å². The van der Waals surface area contributed by atoms with Gasteiger partial charge in [-0.3, -0.25) is 19.1 Å². The Morgan fingerprint density at radius 3 is 2.28 bits per heavy atom. The molecule has 330 valence electrons. The lowest BCUT2D eigenvalue weighted by molar-refractivity contribution is -0.143. The van der Waals surface area contributed by atoms with Crippen molar-refractivity contribution in [3.63, 3.8) is 0 Å². The molecule has 3 aromatic rings. The van der Waals surface area contributed by atoms with E-state index in [-0.39, 0.29) is 32.1 Å². The summed E-state index contributed by atoms with van der Waals surface area (Å²) in [5.41, 5.74) is -1.28. The van der Waals surface area contributed by atoms with E-state index in [9.17, 15) is 27.6 Å². The minimum atomic E-state index is -4.20. The molecule has 0 radical (unpaired) electrons. The van der Waals surface area contributed by atoms with Gasteiger partial charge in [0.05, 0.1) is 37.6 Å². The summed E-state index contributed by atoms with van der Waals surface area (Å²) in [6.45, 7) is 17.8. The normalized spacial score (nSPS) is 22.5. The van der Waals surface area contributed by atoms with Crippen molar-refractivity contribution < 1.29 is 46.5 Å². The van der Waals surface area contributed by atoms with Gasteiger partial charge in [-0.05, 0) is 71.4 Å². The number of ether oxygens (including phenoxy) is 4. The molecule has 16 heteroatoms. The zero-order valence-corrected chi connectivity index (χ0v) is 37.3. The highest BCUT2D eigenvalue weighted by Crippen LogP contribution is 2.48. The van der Waals surface area contributed by atoms with Crippen LogP contribution in [0.1, 0.15) is 81.1 Å². The van der Waals surface area contributed by atoms with Gasteiger partial charge in [0.1, 0.15) is 45.6 Å². The lowest BCUT2D eigenvalue weighted by atomic mass is 9.85. The fraction of sp³-hybridized carbons (Fsp3) is 0.533. The maximum absolute atomic E-state index is 14.8. The number of nitrogens with zero attached hydrogens (tertiary/aromatic N) is 2. The van der Waals surface area contributed by atoms with Crippen LogP contribution in [0.5, 0.6) is 11.5 Å². The van der Waals surface area contributed by atoms with E-state index in [1.54, 1.807) is 74.6 Å². The maximum atomic E-state index is 14.8. The number of alkyl carbamates (subject to hydrolysis) is 1. The maximum Gasteiger partial charge on any atom is 0.408 e. The summed E-state index contributed by atoms with van der Waals surface area (Å²) in [5.74, 6) is -1.70. The molecule has 6 rings (SSSR count). The zero-order chi connectivity index (χ0) is 44.7. The molecule has 5 unspecified atom stereocenters. The third-order valence-electron chi connectivity index (χ3n) is 11.3. The van der Waals surface area contributed by atoms with Gasteiger partial charge in [0.2, 0.25) is 21.8 Å². The number of carbonyl (C=O) groups is 4. The standard InChI is InChI=1S/C45H59N5O10S/c1-11-29-24-45(29,40(53)49-61(55,56)44(19-20-44)26-58-27(2)3)48-38(51)35-22-31(25-50(35)39(52)37(42(4,5)6)47-41(54)60-43(7,8)9)59-36-23-33(28-15-13-12-14-16-28)46-34-21-30(57-10)17-18-32(34)36/h11-18,21,23,27,29,31,35,37H,1,19-20,22,24-26H2,2-10H3,(H,47,54)(H,48,51)(H,49,53). The smallest absolute Gasteiger partial charge is 0.408 e. The summed E-state index contributed by atoms with van der Waals surface area (Å²) >= 11 is 0. The molecule has 2 saturated carbocycles. The SMILES string of the molecule is C=CC1CC1(NC(=O)C1CC(Oc2cc(-c3ccccc3)nc3cc(OC)ccc23)CN1C(=O)C(NC(=O)OC(C)(C)C)C(C)(C)C)C(=O)NS(=O)(=O)C1(COC(C)C)CC1. The Balaban J connectivity index is 1.33. The van der Waals surface area contributed by atoms with Crippen molar-refractivity contribution in [1.29, 1.82) is 0 Å². The number of fused-ring (bicyclic) bond motifs is 1. The van der Waals surface area contributed by atoms with E-state index in [1.165, 1.54) is 11.0 Å². The van der Waals surface area contributed by atoms with Gasteiger partial charge in [-0.15, -0.1) is 6.58 Å². The Labute approximate surface area is 358 Å². The summed E-state index contributed by atoms with van der Waals surface area (Å²) in [6, 6.07) is 14.4. The number of methoxy groups -OCH3 is 1. The van der Waals surface area contributed by atoms with Gasteiger partial charge >= 0.3 is 6.09 Å². The second kappa shape index (κ2) is 16.9. The Morgan fingerprint density at radius 2 is 1.70 bits per heavy atom. The Bertz CT molecular complexity index is 2280. The molecule has 0 spiro atoms. The number of benzene rings is 2.